The number of anilines is 1. The van der Waals surface area contributed by atoms with Crippen molar-refractivity contribution in [3.8, 4) is 5.75 Å². The standard InChI is InChI=1S/C22H24ClFN2O3S/c1-13-7-17(30)9-20(21(13)29-12-28-2)26-15-4-5-16(26)11-25(10-15)22(27)18-6-3-14(24)8-19(18)23/h3,6-9,15-16,30H,4-5,10-12H2,1-2H3. The first kappa shape index (κ1) is 21.3. The van der Waals surface area contributed by atoms with Gasteiger partial charge in [0.15, 0.2) is 6.79 Å². The molecule has 2 saturated heterocycles. The Hall–Kier alpha value is -1.96. The maximum absolute atomic E-state index is 13.4. The number of methoxy groups -OCH3 is 1. The molecule has 2 aliphatic heterocycles. The zero-order valence-corrected chi connectivity index (χ0v) is 18.5. The fraction of sp³-hybridized carbons (Fsp3) is 0.409. The number of aryl methyl sites for hydroxylation is 1. The van der Waals surface area contributed by atoms with E-state index in [9.17, 15) is 9.18 Å². The topological polar surface area (TPSA) is 42.0 Å². The van der Waals surface area contributed by atoms with E-state index in [2.05, 4.69) is 17.5 Å². The molecular weight excluding hydrogens is 427 g/mol. The van der Waals surface area contributed by atoms with Crippen molar-refractivity contribution < 1.29 is 18.7 Å². The Balaban J connectivity index is 1.60. The predicted octanol–water partition coefficient (Wildman–Crippen LogP) is 4.55. The van der Waals surface area contributed by atoms with Crippen LogP contribution in [0, 0.1) is 12.7 Å². The van der Waals surface area contributed by atoms with Crippen molar-refractivity contribution in [3.05, 3.63) is 52.3 Å². The van der Waals surface area contributed by atoms with E-state index in [0.717, 1.165) is 34.7 Å². The fourth-order valence-electron chi connectivity index (χ4n) is 4.53. The van der Waals surface area contributed by atoms with Crippen molar-refractivity contribution in [2.45, 2.75) is 36.7 Å². The van der Waals surface area contributed by atoms with E-state index in [1.165, 1.54) is 18.2 Å². The molecule has 0 N–H and O–H groups in total. The summed E-state index contributed by atoms with van der Waals surface area (Å²) in [7, 11) is 1.59. The maximum atomic E-state index is 13.4. The third-order valence-electron chi connectivity index (χ3n) is 5.77. The Morgan fingerprint density at radius 3 is 2.57 bits per heavy atom. The highest BCUT2D eigenvalue weighted by Crippen LogP contribution is 2.43. The number of nitrogens with zero attached hydrogens (tertiary/aromatic N) is 2. The van der Waals surface area contributed by atoms with Crippen molar-refractivity contribution in [1.29, 1.82) is 0 Å². The molecule has 2 aliphatic rings. The van der Waals surface area contributed by atoms with Crippen LogP contribution in [-0.4, -0.2) is 49.9 Å². The highest BCUT2D eigenvalue weighted by Gasteiger charge is 2.43. The van der Waals surface area contributed by atoms with Gasteiger partial charge in [0, 0.05) is 37.2 Å². The molecule has 0 radical (unpaired) electrons. The maximum Gasteiger partial charge on any atom is 0.255 e. The normalized spacial score (nSPS) is 20.6. The minimum Gasteiger partial charge on any atom is -0.465 e. The SMILES string of the molecule is COCOc1c(C)cc(S)cc1N1C2CCC1CN(C(=O)c1ccc(F)cc1Cl)C2. The first-order valence-corrected chi connectivity index (χ1v) is 10.7. The number of carbonyl (C=O) groups excluding carboxylic acids is 1. The van der Waals surface area contributed by atoms with Gasteiger partial charge >= 0.3 is 0 Å². The summed E-state index contributed by atoms with van der Waals surface area (Å²) in [6, 6.07) is 8.21. The van der Waals surface area contributed by atoms with E-state index in [1.807, 2.05) is 24.0 Å². The number of thiol groups is 1. The summed E-state index contributed by atoms with van der Waals surface area (Å²) in [6.45, 7) is 3.30. The Kier molecular flexibility index (Phi) is 6.14. The second kappa shape index (κ2) is 8.65. The summed E-state index contributed by atoms with van der Waals surface area (Å²) in [5, 5.41) is 0.142. The molecular formula is C22H24ClFN2O3S. The summed E-state index contributed by atoms with van der Waals surface area (Å²) in [6.07, 6.45) is 1.95. The van der Waals surface area contributed by atoms with Gasteiger partial charge in [0.25, 0.3) is 5.91 Å². The van der Waals surface area contributed by atoms with Gasteiger partial charge in [-0.05, 0) is 55.7 Å². The Morgan fingerprint density at radius 2 is 1.93 bits per heavy atom. The highest BCUT2D eigenvalue weighted by atomic mass is 35.5. The van der Waals surface area contributed by atoms with Gasteiger partial charge in [-0.15, -0.1) is 12.6 Å². The third kappa shape index (κ3) is 3.98. The lowest BCUT2D eigenvalue weighted by atomic mass is 10.1. The minimum absolute atomic E-state index is 0.142. The van der Waals surface area contributed by atoms with Crippen LogP contribution in [0.4, 0.5) is 10.1 Å². The van der Waals surface area contributed by atoms with E-state index < -0.39 is 5.82 Å². The molecule has 1 amide bonds. The van der Waals surface area contributed by atoms with Crippen molar-refractivity contribution in [3.63, 3.8) is 0 Å². The molecule has 2 aromatic rings. The van der Waals surface area contributed by atoms with E-state index in [0.29, 0.717) is 18.7 Å². The summed E-state index contributed by atoms with van der Waals surface area (Å²) >= 11 is 10.7. The molecule has 2 bridgehead atoms. The van der Waals surface area contributed by atoms with Gasteiger partial charge in [0.1, 0.15) is 11.6 Å². The number of amides is 1. The first-order chi connectivity index (χ1) is 14.4. The van der Waals surface area contributed by atoms with Crippen LogP contribution in [0.1, 0.15) is 28.8 Å². The van der Waals surface area contributed by atoms with Crippen LogP contribution in [-0.2, 0) is 4.74 Å². The van der Waals surface area contributed by atoms with Crippen molar-refractivity contribution in [2.75, 3.05) is 31.9 Å². The zero-order chi connectivity index (χ0) is 21.4. The molecule has 30 heavy (non-hydrogen) atoms. The second-order valence-corrected chi connectivity index (χ2v) is 8.71. The number of piperazine rings is 1. The number of hydrogen-bond acceptors (Lipinski definition) is 5. The average molecular weight is 451 g/mol. The van der Waals surface area contributed by atoms with Crippen LogP contribution in [0.2, 0.25) is 5.02 Å². The van der Waals surface area contributed by atoms with E-state index in [-0.39, 0.29) is 29.8 Å². The van der Waals surface area contributed by atoms with Crippen molar-refractivity contribution >= 4 is 35.8 Å². The second-order valence-electron chi connectivity index (χ2n) is 7.79. The molecule has 4 rings (SSSR count). The molecule has 0 spiro atoms. The number of benzene rings is 2. The summed E-state index contributed by atoms with van der Waals surface area (Å²) in [4.78, 5) is 18.1. The molecule has 2 aromatic carbocycles. The molecule has 0 saturated carbocycles. The van der Waals surface area contributed by atoms with Crippen molar-refractivity contribution in [2.24, 2.45) is 0 Å². The van der Waals surface area contributed by atoms with Crippen LogP contribution >= 0.6 is 24.2 Å². The third-order valence-corrected chi connectivity index (χ3v) is 6.34. The molecule has 2 heterocycles. The first-order valence-electron chi connectivity index (χ1n) is 9.87. The minimum atomic E-state index is -0.452. The highest BCUT2D eigenvalue weighted by molar-refractivity contribution is 7.80. The lowest BCUT2D eigenvalue weighted by Crippen LogP contribution is -2.55. The fourth-order valence-corrected chi connectivity index (χ4v) is 5.09. The van der Waals surface area contributed by atoms with Crippen LogP contribution < -0.4 is 9.64 Å². The summed E-state index contributed by atoms with van der Waals surface area (Å²) in [5.41, 5.74) is 2.31. The van der Waals surface area contributed by atoms with Gasteiger partial charge in [0.2, 0.25) is 0 Å². The number of hydrogen-bond donors (Lipinski definition) is 1. The molecule has 2 unspecified atom stereocenters. The van der Waals surface area contributed by atoms with Crippen molar-refractivity contribution in [1.82, 2.24) is 4.90 Å². The number of fused-ring (bicyclic) bond motifs is 2. The molecule has 2 fully saturated rings. The van der Waals surface area contributed by atoms with Crippen LogP contribution in [0.3, 0.4) is 0 Å². The number of ether oxygens (including phenoxy) is 2. The van der Waals surface area contributed by atoms with Gasteiger partial charge < -0.3 is 19.3 Å². The number of halogens is 2. The number of carbonyl (C=O) groups is 1. The van der Waals surface area contributed by atoms with Crippen LogP contribution in [0.25, 0.3) is 0 Å². The average Bonchev–Trinajstić information content (AvgIpc) is 2.95. The largest absolute Gasteiger partial charge is 0.465 e. The number of likely N-dealkylation sites (tertiary alicyclic amines) is 1. The quantitative estimate of drug-likeness (QED) is 0.536. The molecule has 0 aromatic heterocycles. The smallest absolute Gasteiger partial charge is 0.255 e. The Bertz CT molecular complexity index is 960. The zero-order valence-electron chi connectivity index (χ0n) is 16.9. The van der Waals surface area contributed by atoms with E-state index in [4.69, 9.17) is 21.1 Å². The monoisotopic (exact) mass is 450 g/mol. The summed E-state index contributed by atoms with van der Waals surface area (Å²) in [5.74, 6) is 0.173. The Labute approximate surface area is 186 Å². The Morgan fingerprint density at radius 1 is 1.23 bits per heavy atom. The van der Waals surface area contributed by atoms with Crippen LogP contribution in [0.15, 0.2) is 35.2 Å². The van der Waals surface area contributed by atoms with Gasteiger partial charge in [0.05, 0.1) is 16.3 Å². The molecule has 2 atom stereocenters. The predicted molar refractivity (Wildman–Crippen MR) is 118 cm³/mol. The van der Waals surface area contributed by atoms with Gasteiger partial charge in [-0.3, -0.25) is 4.79 Å². The van der Waals surface area contributed by atoms with E-state index >= 15 is 0 Å². The lowest BCUT2D eigenvalue weighted by molar-refractivity contribution is 0.0506. The number of rotatable bonds is 5. The van der Waals surface area contributed by atoms with Gasteiger partial charge in [-0.25, -0.2) is 4.39 Å². The van der Waals surface area contributed by atoms with Crippen LogP contribution in [0.5, 0.6) is 5.75 Å². The van der Waals surface area contributed by atoms with Gasteiger partial charge in [-0.1, -0.05) is 11.6 Å². The molecule has 160 valence electrons. The lowest BCUT2D eigenvalue weighted by Gasteiger charge is -2.43. The molecule has 8 heteroatoms. The molecule has 0 aliphatic carbocycles. The van der Waals surface area contributed by atoms with E-state index in [1.54, 1.807) is 7.11 Å². The summed E-state index contributed by atoms with van der Waals surface area (Å²) < 4.78 is 24.4. The van der Waals surface area contributed by atoms with Gasteiger partial charge in [-0.2, -0.15) is 0 Å². The molecule has 5 nitrogen and oxygen atoms in total.